The molecule has 0 bridgehead atoms. The first-order chi connectivity index (χ1) is 7.02. The van der Waals surface area contributed by atoms with Crippen LogP contribution in [0.5, 0.6) is 0 Å². The van der Waals surface area contributed by atoms with Gasteiger partial charge >= 0.3 is 0 Å². The summed E-state index contributed by atoms with van der Waals surface area (Å²) in [5.41, 5.74) is 9.29. The third kappa shape index (κ3) is 1.29. The van der Waals surface area contributed by atoms with E-state index in [2.05, 4.69) is 4.98 Å². The molecule has 1 aromatic carbocycles. The topological polar surface area (TPSA) is 60.9 Å². The maximum absolute atomic E-state index is 11.1. The Morgan fingerprint density at radius 2 is 2.07 bits per heavy atom. The second kappa shape index (κ2) is 3.08. The molecule has 0 radical (unpaired) electrons. The molecule has 0 aliphatic heterocycles. The number of primary amides is 1. The van der Waals surface area contributed by atoms with Gasteiger partial charge in [-0.3, -0.25) is 4.79 Å². The van der Waals surface area contributed by atoms with Crippen molar-refractivity contribution in [2.45, 2.75) is 13.8 Å². The fourth-order valence-electron chi connectivity index (χ4n) is 1.71. The van der Waals surface area contributed by atoms with Crippen molar-refractivity contribution < 1.29 is 4.79 Å². The fourth-order valence-corrected chi connectivity index (χ4v) is 1.71. The van der Waals surface area contributed by atoms with Gasteiger partial charge in [-0.1, -0.05) is 6.07 Å². The largest absolute Gasteiger partial charge is 0.363 e. The Hall–Kier alpha value is -1.84. The van der Waals surface area contributed by atoms with E-state index in [-0.39, 0.29) is 0 Å². The van der Waals surface area contributed by atoms with Gasteiger partial charge in [0.05, 0.1) is 11.0 Å². The molecule has 15 heavy (non-hydrogen) atoms. The molecule has 0 unspecified atom stereocenters. The molecule has 1 amide bonds. The summed E-state index contributed by atoms with van der Waals surface area (Å²) in [7, 11) is 1.80. The van der Waals surface area contributed by atoms with Gasteiger partial charge in [-0.15, -0.1) is 0 Å². The molecule has 78 valence electrons. The zero-order valence-electron chi connectivity index (χ0n) is 9.03. The van der Waals surface area contributed by atoms with Crippen LogP contribution >= 0.6 is 0 Å². The molecule has 0 saturated heterocycles. The van der Waals surface area contributed by atoms with Crippen LogP contribution in [0.15, 0.2) is 12.1 Å². The van der Waals surface area contributed by atoms with E-state index >= 15 is 0 Å². The SMILES string of the molecule is Cc1ccc2c(nc(C(N)=O)n2C)c1C. The molecule has 0 spiro atoms. The van der Waals surface area contributed by atoms with Crippen molar-refractivity contribution >= 4 is 16.9 Å². The van der Waals surface area contributed by atoms with Crippen LogP contribution in [-0.4, -0.2) is 15.5 Å². The number of benzene rings is 1. The number of fused-ring (bicyclic) bond motifs is 1. The lowest BCUT2D eigenvalue weighted by atomic mass is 10.1. The Morgan fingerprint density at radius 1 is 1.40 bits per heavy atom. The number of hydrogen-bond acceptors (Lipinski definition) is 2. The normalized spacial score (nSPS) is 10.9. The Kier molecular flexibility index (Phi) is 2.00. The van der Waals surface area contributed by atoms with Crippen LogP contribution in [-0.2, 0) is 7.05 Å². The number of hydrogen-bond donors (Lipinski definition) is 1. The van der Waals surface area contributed by atoms with Crippen LogP contribution < -0.4 is 5.73 Å². The van der Waals surface area contributed by atoms with E-state index in [4.69, 9.17) is 5.73 Å². The minimum atomic E-state index is -0.495. The van der Waals surface area contributed by atoms with Crippen molar-refractivity contribution in [3.8, 4) is 0 Å². The molecule has 2 aromatic rings. The first kappa shape index (κ1) is 9.71. The summed E-state index contributed by atoms with van der Waals surface area (Å²) in [5, 5.41) is 0. The van der Waals surface area contributed by atoms with E-state index in [9.17, 15) is 4.79 Å². The minimum absolute atomic E-state index is 0.304. The molecule has 4 nitrogen and oxygen atoms in total. The molecule has 4 heteroatoms. The van der Waals surface area contributed by atoms with E-state index < -0.39 is 5.91 Å². The van der Waals surface area contributed by atoms with Crippen LogP contribution in [0, 0.1) is 13.8 Å². The number of carbonyl (C=O) groups excluding carboxylic acids is 1. The molecular formula is C11H13N3O. The number of imidazole rings is 1. The summed E-state index contributed by atoms with van der Waals surface area (Å²) in [4.78, 5) is 15.4. The summed E-state index contributed by atoms with van der Waals surface area (Å²) >= 11 is 0. The highest BCUT2D eigenvalue weighted by atomic mass is 16.1. The highest BCUT2D eigenvalue weighted by molar-refractivity contribution is 5.94. The Bertz CT molecular complexity index is 554. The van der Waals surface area contributed by atoms with Gasteiger partial charge in [-0.2, -0.15) is 0 Å². The first-order valence-corrected chi connectivity index (χ1v) is 4.75. The van der Waals surface area contributed by atoms with Crippen molar-refractivity contribution in [2.75, 3.05) is 0 Å². The molecule has 0 atom stereocenters. The maximum atomic E-state index is 11.1. The van der Waals surface area contributed by atoms with Gasteiger partial charge in [0.2, 0.25) is 0 Å². The van der Waals surface area contributed by atoms with E-state index in [0.717, 1.165) is 22.2 Å². The molecule has 0 aliphatic rings. The van der Waals surface area contributed by atoms with Gasteiger partial charge in [0.15, 0.2) is 5.82 Å². The number of rotatable bonds is 1. The zero-order chi connectivity index (χ0) is 11.2. The second-order valence-corrected chi connectivity index (χ2v) is 3.73. The van der Waals surface area contributed by atoms with Crippen molar-refractivity contribution in [3.05, 3.63) is 29.1 Å². The quantitative estimate of drug-likeness (QED) is 0.759. The first-order valence-electron chi connectivity index (χ1n) is 4.75. The van der Waals surface area contributed by atoms with Crippen LogP contribution in [0.2, 0.25) is 0 Å². The average molecular weight is 203 g/mol. The Balaban J connectivity index is 2.88. The van der Waals surface area contributed by atoms with Gasteiger partial charge in [0, 0.05) is 7.05 Å². The Morgan fingerprint density at radius 3 is 2.67 bits per heavy atom. The summed E-state index contributed by atoms with van der Waals surface area (Å²) in [5.74, 6) is -0.190. The monoisotopic (exact) mass is 203 g/mol. The van der Waals surface area contributed by atoms with Crippen LogP contribution in [0.1, 0.15) is 21.7 Å². The van der Waals surface area contributed by atoms with Crippen LogP contribution in [0.25, 0.3) is 11.0 Å². The zero-order valence-corrected chi connectivity index (χ0v) is 9.03. The lowest BCUT2D eigenvalue weighted by Gasteiger charge is -2.00. The summed E-state index contributed by atoms with van der Waals surface area (Å²) < 4.78 is 1.73. The van der Waals surface area contributed by atoms with E-state index in [1.165, 1.54) is 0 Å². The molecular weight excluding hydrogens is 190 g/mol. The maximum Gasteiger partial charge on any atom is 0.284 e. The van der Waals surface area contributed by atoms with Gasteiger partial charge < -0.3 is 10.3 Å². The van der Waals surface area contributed by atoms with E-state index in [1.807, 2.05) is 26.0 Å². The number of amides is 1. The third-order valence-electron chi connectivity index (χ3n) is 2.80. The summed E-state index contributed by atoms with van der Waals surface area (Å²) in [6.07, 6.45) is 0. The number of carbonyl (C=O) groups is 1. The average Bonchev–Trinajstić information content (AvgIpc) is 2.51. The second-order valence-electron chi connectivity index (χ2n) is 3.73. The van der Waals surface area contributed by atoms with E-state index in [0.29, 0.717) is 5.82 Å². The van der Waals surface area contributed by atoms with Gasteiger partial charge in [0.1, 0.15) is 0 Å². The predicted molar refractivity (Wildman–Crippen MR) is 58.7 cm³/mol. The lowest BCUT2D eigenvalue weighted by molar-refractivity contribution is 0.0988. The predicted octanol–water partition coefficient (Wildman–Crippen LogP) is 1.29. The van der Waals surface area contributed by atoms with Gasteiger partial charge in [0.25, 0.3) is 5.91 Å². The Labute approximate surface area is 87.7 Å². The highest BCUT2D eigenvalue weighted by Crippen LogP contribution is 2.21. The summed E-state index contributed by atoms with van der Waals surface area (Å²) in [6.45, 7) is 4.02. The molecule has 0 aliphatic carbocycles. The molecule has 0 fully saturated rings. The molecule has 1 aromatic heterocycles. The highest BCUT2D eigenvalue weighted by Gasteiger charge is 2.13. The van der Waals surface area contributed by atoms with Crippen molar-refractivity contribution in [2.24, 2.45) is 12.8 Å². The van der Waals surface area contributed by atoms with Crippen LogP contribution in [0.4, 0.5) is 0 Å². The van der Waals surface area contributed by atoms with Gasteiger partial charge in [-0.05, 0) is 31.0 Å². The van der Waals surface area contributed by atoms with Gasteiger partial charge in [-0.25, -0.2) is 4.98 Å². The van der Waals surface area contributed by atoms with Crippen molar-refractivity contribution in [1.82, 2.24) is 9.55 Å². The molecule has 2 rings (SSSR count). The number of aryl methyl sites for hydroxylation is 3. The lowest BCUT2D eigenvalue weighted by Crippen LogP contribution is -2.16. The standard InChI is InChI=1S/C11H13N3O/c1-6-4-5-8-9(7(6)2)13-11(10(12)15)14(8)3/h4-5H,1-3H3,(H2,12,15). The number of nitrogens with zero attached hydrogens (tertiary/aromatic N) is 2. The third-order valence-corrected chi connectivity index (χ3v) is 2.80. The molecule has 0 saturated carbocycles. The van der Waals surface area contributed by atoms with Crippen LogP contribution in [0.3, 0.4) is 0 Å². The minimum Gasteiger partial charge on any atom is -0.363 e. The molecule has 2 N–H and O–H groups in total. The van der Waals surface area contributed by atoms with E-state index in [1.54, 1.807) is 11.6 Å². The smallest absolute Gasteiger partial charge is 0.284 e. The van der Waals surface area contributed by atoms with Crippen molar-refractivity contribution in [3.63, 3.8) is 0 Å². The fraction of sp³-hybridized carbons (Fsp3) is 0.273. The number of nitrogens with two attached hydrogens (primary N) is 1. The van der Waals surface area contributed by atoms with Crippen molar-refractivity contribution in [1.29, 1.82) is 0 Å². The molecule has 1 heterocycles. The number of aromatic nitrogens is 2. The summed E-state index contributed by atoms with van der Waals surface area (Å²) in [6, 6.07) is 3.97.